The molecule has 0 bridgehead atoms. The maximum absolute atomic E-state index is 5.43. The lowest BCUT2D eigenvalue weighted by Gasteiger charge is -2.27. The number of aromatic nitrogens is 4. The van der Waals surface area contributed by atoms with Gasteiger partial charge in [-0.25, -0.2) is 9.97 Å². The molecule has 148 valence electrons. The smallest absolute Gasteiger partial charge is 0.217 e. The minimum Gasteiger partial charge on any atom is -0.481 e. The highest BCUT2D eigenvalue weighted by molar-refractivity contribution is 5.62. The Hall–Kier alpha value is -3.12. The van der Waals surface area contributed by atoms with Crippen molar-refractivity contribution < 1.29 is 4.74 Å². The second-order valence-corrected chi connectivity index (χ2v) is 7.75. The van der Waals surface area contributed by atoms with Gasteiger partial charge < -0.3 is 9.30 Å². The van der Waals surface area contributed by atoms with Gasteiger partial charge in [-0.15, -0.1) is 0 Å². The van der Waals surface area contributed by atoms with Crippen LogP contribution >= 0.6 is 0 Å². The first kappa shape index (κ1) is 17.9. The number of ether oxygens (including phenoxy) is 1. The molecule has 1 aliphatic heterocycles. The molecule has 1 aliphatic rings. The largest absolute Gasteiger partial charge is 0.481 e. The van der Waals surface area contributed by atoms with Crippen molar-refractivity contribution in [3.8, 4) is 17.1 Å². The molecule has 0 radical (unpaired) electrons. The minimum atomic E-state index is 0.709. The van der Waals surface area contributed by atoms with Gasteiger partial charge in [-0.05, 0) is 13.0 Å². The Bertz CT molecular complexity index is 1170. The van der Waals surface area contributed by atoms with Crippen molar-refractivity contribution in [3.05, 3.63) is 71.3 Å². The summed E-state index contributed by atoms with van der Waals surface area (Å²) in [5.41, 5.74) is 7.25. The molecule has 0 saturated heterocycles. The Balaban J connectivity index is 1.47. The fourth-order valence-corrected chi connectivity index (χ4v) is 4.26. The van der Waals surface area contributed by atoms with Crippen LogP contribution in [0.5, 0.6) is 5.88 Å². The van der Waals surface area contributed by atoms with Gasteiger partial charge in [0.25, 0.3) is 0 Å². The van der Waals surface area contributed by atoms with Crippen LogP contribution in [0.1, 0.15) is 22.5 Å². The molecule has 0 unspecified atom stereocenters. The van der Waals surface area contributed by atoms with E-state index in [0.29, 0.717) is 5.88 Å². The van der Waals surface area contributed by atoms with E-state index >= 15 is 0 Å². The Morgan fingerprint density at radius 1 is 1.10 bits per heavy atom. The maximum Gasteiger partial charge on any atom is 0.217 e. The van der Waals surface area contributed by atoms with Crippen molar-refractivity contribution >= 4 is 5.78 Å². The molecule has 0 aliphatic carbocycles. The van der Waals surface area contributed by atoms with Gasteiger partial charge in [0.15, 0.2) is 0 Å². The normalized spacial score (nSPS) is 14.3. The van der Waals surface area contributed by atoms with Crippen LogP contribution in [0.4, 0.5) is 0 Å². The van der Waals surface area contributed by atoms with E-state index in [1.165, 1.54) is 17.0 Å². The van der Waals surface area contributed by atoms with Crippen molar-refractivity contribution in [1.82, 2.24) is 23.8 Å². The van der Waals surface area contributed by atoms with Gasteiger partial charge in [0.05, 0.1) is 18.5 Å². The van der Waals surface area contributed by atoms with Crippen LogP contribution in [0.2, 0.25) is 0 Å². The standard InChI is InChI=1S/C23H25N5O/c1-16-6-8-17(9-7-16)19-14-28-21-15-27(12-10-20(21)26(2)23(28)25-19)13-18-5-4-11-24-22(18)29-3/h4-9,11,14H,10,12-13,15H2,1-3H3. The summed E-state index contributed by atoms with van der Waals surface area (Å²) >= 11 is 0. The Labute approximate surface area is 170 Å². The third-order valence-electron chi connectivity index (χ3n) is 5.84. The molecule has 3 aromatic heterocycles. The highest BCUT2D eigenvalue weighted by atomic mass is 16.5. The molecule has 0 atom stereocenters. The summed E-state index contributed by atoms with van der Waals surface area (Å²) in [5.74, 6) is 1.71. The number of rotatable bonds is 4. The molecular weight excluding hydrogens is 362 g/mol. The number of hydrogen-bond acceptors (Lipinski definition) is 4. The average Bonchev–Trinajstić information content (AvgIpc) is 3.29. The molecule has 0 amide bonds. The highest BCUT2D eigenvalue weighted by Gasteiger charge is 2.25. The van der Waals surface area contributed by atoms with Gasteiger partial charge in [-0.3, -0.25) is 9.30 Å². The summed E-state index contributed by atoms with van der Waals surface area (Å²) in [6.45, 7) is 4.83. The van der Waals surface area contributed by atoms with E-state index in [1.807, 2.05) is 6.07 Å². The van der Waals surface area contributed by atoms with Crippen LogP contribution in [-0.4, -0.2) is 37.5 Å². The number of aryl methyl sites for hydroxylation is 2. The minimum absolute atomic E-state index is 0.709. The number of hydrogen-bond donors (Lipinski definition) is 0. The molecule has 0 saturated carbocycles. The maximum atomic E-state index is 5.43. The molecule has 0 spiro atoms. The molecule has 1 aromatic carbocycles. The third-order valence-corrected chi connectivity index (χ3v) is 5.84. The summed E-state index contributed by atoms with van der Waals surface area (Å²) in [7, 11) is 3.80. The van der Waals surface area contributed by atoms with Crippen molar-refractivity contribution in [3.63, 3.8) is 0 Å². The number of imidazole rings is 2. The van der Waals surface area contributed by atoms with Gasteiger partial charge in [0.2, 0.25) is 11.7 Å². The van der Waals surface area contributed by atoms with E-state index in [4.69, 9.17) is 9.72 Å². The summed E-state index contributed by atoms with van der Waals surface area (Å²) in [6.07, 6.45) is 4.96. The van der Waals surface area contributed by atoms with Crippen molar-refractivity contribution in [2.45, 2.75) is 26.4 Å². The lowest BCUT2D eigenvalue weighted by Crippen LogP contribution is -2.31. The molecule has 0 N–H and O–H groups in total. The molecular formula is C23H25N5O. The Morgan fingerprint density at radius 3 is 2.72 bits per heavy atom. The molecule has 0 fully saturated rings. The summed E-state index contributed by atoms with van der Waals surface area (Å²) < 4.78 is 9.94. The van der Waals surface area contributed by atoms with E-state index in [-0.39, 0.29) is 0 Å². The van der Waals surface area contributed by atoms with Crippen molar-refractivity contribution in [1.29, 1.82) is 0 Å². The predicted molar refractivity (Wildman–Crippen MR) is 113 cm³/mol. The van der Waals surface area contributed by atoms with E-state index in [0.717, 1.165) is 48.7 Å². The van der Waals surface area contributed by atoms with E-state index in [9.17, 15) is 0 Å². The molecule has 6 nitrogen and oxygen atoms in total. The van der Waals surface area contributed by atoms with E-state index in [1.54, 1.807) is 13.3 Å². The van der Waals surface area contributed by atoms with Gasteiger partial charge in [0.1, 0.15) is 0 Å². The number of methoxy groups -OCH3 is 1. The van der Waals surface area contributed by atoms with Gasteiger partial charge in [-0.2, -0.15) is 0 Å². The van der Waals surface area contributed by atoms with Crippen molar-refractivity contribution in [2.75, 3.05) is 13.7 Å². The van der Waals surface area contributed by atoms with Crippen LogP contribution in [0, 0.1) is 6.92 Å². The number of fused-ring (bicyclic) bond motifs is 3. The van der Waals surface area contributed by atoms with Crippen LogP contribution < -0.4 is 4.74 Å². The van der Waals surface area contributed by atoms with Crippen LogP contribution in [0.25, 0.3) is 17.0 Å². The number of pyridine rings is 1. The molecule has 5 rings (SSSR count). The molecule has 4 aromatic rings. The number of benzene rings is 1. The summed E-state index contributed by atoms with van der Waals surface area (Å²) in [6, 6.07) is 12.6. The van der Waals surface area contributed by atoms with E-state index in [2.05, 4.69) is 69.4 Å². The number of nitrogens with zero attached hydrogens (tertiary/aromatic N) is 5. The average molecular weight is 387 g/mol. The second-order valence-electron chi connectivity index (χ2n) is 7.75. The lowest BCUT2D eigenvalue weighted by molar-refractivity contribution is 0.234. The first-order valence-electron chi connectivity index (χ1n) is 9.97. The van der Waals surface area contributed by atoms with Gasteiger partial charge >= 0.3 is 0 Å². The fraction of sp³-hybridized carbons (Fsp3) is 0.304. The zero-order valence-corrected chi connectivity index (χ0v) is 17.1. The second kappa shape index (κ2) is 7.04. The van der Waals surface area contributed by atoms with Crippen LogP contribution in [-0.2, 0) is 26.6 Å². The molecule has 6 heteroatoms. The highest BCUT2D eigenvalue weighted by Crippen LogP contribution is 2.28. The van der Waals surface area contributed by atoms with E-state index < -0.39 is 0 Å². The fourth-order valence-electron chi connectivity index (χ4n) is 4.26. The first-order chi connectivity index (χ1) is 14.1. The first-order valence-corrected chi connectivity index (χ1v) is 9.97. The van der Waals surface area contributed by atoms with Crippen molar-refractivity contribution in [2.24, 2.45) is 7.05 Å². The Morgan fingerprint density at radius 2 is 1.93 bits per heavy atom. The van der Waals surface area contributed by atoms with Crippen LogP contribution in [0.15, 0.2) is 48.8 Å². The third kappa shape index (κ3) is 3.09. The Kier molecular flexibility index (Phi) is 4.36. The molecule has 29 heavy (non-hydrogen) atoms. The van der Waals surface area contributed by atoms with Gasteiger partial charge in [0, 0.05) is 62.3 Å². The molecule has 4 heterocycles. The quantitative estimate of drug-likeness (QED) is 0.537. The predicted octanol–water partition coefficient (Wildman–Crippen LogP) is 3.61. The SMILES string of the molecule is COc1ncccc1CN1CCc2c(n3cc(-c4ccc(C)cc4)nc3n2C)C1. The summed E-state index contributed by atoms with van der Waals surface area (Å²) in [5, 5.41) is 0. The monoisotopic (exact) mass is 387 g/mol. The lowest BCUT2D eigenvalue weighted by atomic mass is 10.1. The topological polar surface area (TPSA) is 47.6 Å². The van der Waals surface area contributed by atoms with Gasteiger partial charge in [-0.1, -0.05) is 35.9 Å². The van der Waals surface area contributed by atoms with Crippen LogP contribution in [0.3, 0.4) is 0 Å². The zero-order chi connectivity index (χ0) is 20.0. The summed E-state index contributed by atoms with van der Waals surface area (Å²) in [4.78, 5) is 11.7. The zero-order valence-electron chi connectivity index (χ0n) is 17.1.